The highest BCUT2D eigenvalue weighted by Crippen LogP contribution is 2.40. The van der Waals surface area contributed by atoms with Crippen molar-refractivity contribution in [1.29, 1.82) is 0 Å². The van der Waals surface area contributed by atoms with Gasteiger partial charge in [-0.2, -0.15) is 0 Å². The fourth-order valence-corrected chi connectivity index (χ4v) is 5.36. The lowest BCUT2D eigenvalue weighted by Crippen LogP contribution is -2.50. The Kier molecular flexibility index (Phi) is 4.45. The standard InChI is InChI=1S/C19H30N4O3/c1-21-17(26)23(16(25)19(21)5-3-2-4-6-19)13-15(24)22-11-8-18(9-12-22)7-10-20-14-18/h20H,2-14H2,1H3. The van der Waals surface area contributed by atoms with Crippen molar-refractivity contribution in [2.75, 3.05) is 39.8 Å². The van der Waals surface area contributed by atoms with Crippen LogP contribution in [0.25, 0.3) is 0 Å². The molecule has 0 bridgehead atoms. The molecule has 3 aliphatic heterocycles. The van der Waals surface area contributed by atoms with Gasteiger partial charge in [-0.3, -0.25) is 14.5 Å². The van der Waals surface area contributed by atoms with E-state index in [-0.39, 0.29) is 24.4 Å². The van der Waals surface area contributed by atoms with Crippen LogP contribution in [0.5, 0.6) is 0 Å². The van der Waals surface area contributed by atoms with Crippen LogP contribution in [-0.4, -0.2) is 77.9 Å². The Bertz CT molecular complexity index is 598. The zero-order valence-corrected chi connectivity index (χ0v) is 15.8. The Balaban J connectivity index is 1.40. The molecule has 0 aromatic carbocycles. The number of urea groups is 1. The van der Waals surface area contributed by atoms with E-state index in [2.05, 4.69) is 5.32 Å². The first-order valence-electron chi connectivity index (χ1n) is 10.1. The molecular weight excluding hydrogens is 332 g/mol. The van der Waals surface area contributed by atoms with E-state index in [1.807, 2.05) is 4.90 Å². The van der Waals surface area contributed by atoms with Crippen LogP contribution in [0.15, 0.2) is 0 Å². The Labute approximate surface area is 155 Å². The minimum Gasteiger partial charge on any atom is -0.341 e. The van der Waals surface area contributed by atoms with Crippen LogP contribution in [0, 0.1) is 5.41 Å². The number of amides is 4. The van der Waals surface area contributed by atoms with Gasteiger partial charge in [-0.15, -0.1) is 0 Å². The van der Waals surface area contributed by atoms with Gasteiger partial charge in [0.25, 0.3) is 5.91 Å². The van der Waals surface area contributed by atoms with E-state index in [1.165, 1.54) is 11.3 Å². The van der Waals surface area contributed by atoms with Gasteiger partial charge in [-0.1, -0.05) is 19.3 Å². The summed E-state index contributed by atoms with van der Waals surface area (Å²) in [6.45, 7) is 3.48. The Hall–Kier alpha value is -1.63. The molecule has 4 fully saturated rings. The smallest absolute Gasteiger partial charge is 0.327 e. The minimum atomic E-state index is -0.697. The largest absolute Gasteiger partial charge is 0.341 e. The number of hydrogen-bond donors (Lipinski definition) is 1. The summed E-state index contributed by atoms with van der Waals surface area (Å²) in [5.41, 5.74) is -0.348. The summed E-state index contributed by atoms with van der Waals surface area (Å²) in [6.07, 6.45) is 7.69. The third-order valence-corrected chi connectivity index (χ3v) is 7.29. The van der Waals surface area contributed by atoms with Gasteiger partial charge < -0.3 is 15.1 Å². The fourth-order valence-electron chi connectivity index (χ4n) is 5.36. The van der Waals surface area contributed by atoms with Crippen molar-refractivity contribution in [3.8, 4) is 0 Å². The normalized spacial score (nSPS) is 27.8. The molecule has 144 valence electrons. The number of carbonyl (C=O) groups excluding carboxylic acids is 3. The van der Waals surface area contributed by atoms with Crippen LogP contribution < -0.4 is 5.32 Å². The lowest BCUT2D eigenvalue weighted by molar-refractivity contribution is -0.141. The molecule has 4 amide bonds. The van der Waals surface area contributed by atoms with E-state index in [4.69, 9.17) is 0 Å². The van der Waals surface area contributed by atoms with Crippen molar-refractivity contribution in [2.24, 2.45) is 5.41 Å². The molecule has 3 saturated heterocycles. The summed E-state index contributed by atoms with van der Waals surface area (Å²) in [6, 6.07) is -0.307. The zero-order valence-electron chi connectivity index (χ0n) is 15.8. The summed E-state index contributed by atoms with van der Waals surface area (Å²) < 4.78 is 0. The Morgan fingerprint density at radius 2 is 1.73 bits per heavy atom. The van der Waals surface area contributed by atoms with Gasteiger partial charge in [0.15, 0.2) is 0 Å². The minimum absolute atomic E-state index is 0.0891. The lowest BCUT2D eigenvalue weighted by atomic mass is 9.78. The Morgan fingerprint density at radius 1 is 1.04 bits per heavy atom. The number of rotatable bonds is 2. The van der Waals surface area contributed by atoms with Gasteiger partial charge in [-0.25, -0.2) is 4.79 Å². The summed E-state index contributed by atoms with van der Waals surface area (Å²) >= 11 is 0. The first-order chi connectivity index (χ1) is 12.5. The average Bonchev–Trinajstić information content (AvgIpc) is 3.18. The maximum atomic E-state index is 13.0. The van der Waals surface area contributed by atoms with Crippen molar-refractivity contribution in [3.05, 3.63) is 0 Å². The number of carbonyl (C=O) groups is 3. The number of imide groups is 1. The highest BCUT2D eigenvalue weighted by Gasteiger charge is 2.56. The number of likely N-dealkylation sites (tertiary alicyclic amines) is 1. The van der Waals surface area contributed by atoms with Crippen LogP contribution in [0.1, 0.15) is 51.4 Å². The third-order valence-electron chi connectivity index (χ3n) is 7.29. The molecule has 2 spiro atoms. The lowest BCUT2D eigenvalue weighted by Gasteiger charge is -2.39. The quantitative estimate of drug-likeness (QED) is 0.749. The molecule has 7 heteroatoms. The van der Waals surface area contributed by atoms with E-state index < -0.39 is 5.54 Å². The molecule has 0 atom stereocenters. The first-order valence-corrected chi connectivity index (χ1v) is 10.1. The summed E-state index contributed by atoms with van der Waals surface area (Å²) in [7, 11) is 1.72. The second kappa shape index (κ2) is 6.51. The van der Waals surface area contributed by atoms with Crippen LogP contribution in [0.2, 0.25) is 0 Å². The van der Waals surface area contributed by atoms with Crippen molar-refractivity contribution >= 4 is 17.8 Å². The first kappa shape index (κ1) is 17.8. The molecule has 4 rings (SSSR count). The maximum Gasteiger partial charge on any atom is 0.327 e. The van der Waals surface area contributed by atoms with Crippen molar-refractivity contribution in [1.82, 2.24) is 20.0 Å². The molecule has 26 heavy (non-hydrogen) atoms. The van der Waals surface area contributed by atoms with E-state index >= 15 is 0 Å². The van der Waals surface area contributed by atoms with E-state index in [9.17, 15) is 14.4 Å². The number of nitrogens with one attached hydrogen (secondary N) is 1. The molecule has 1 N–H and O–H groups in total. The summed E-state index contributed by atoms with van der Waals surface area (Å²) in [5, 5.41) is 3.43. The predicted octanol–water partition coefficient (Wildman–Crippen LogP) is 1.19. The summed E-state index contributed by atoms with van der Waals surface area (Å²) in [5.74, 6) is -0.250. The van der Waals surface area contributed by atoms with E-state index in [0.717, 1.165) is 71.1 Å². The van der Waals surface area contributed by atoms with Gasteiger partial charge in [0.2, 0.25) is 5.91 Å². The SMILES string of the molecule is CN1C(=O)N(CC(=O)N2CCC3(CCNC3)CC2)C(=O)C12CCCCC2. The highest BCUT2D eigenvalue weighted by atomic mass is 16.2. The molecule has 4 aliphatic rings. The monoisotopic (exact) mass is 362 g/mol. The predicted molar refractivity (Wildman–Crippen MR) is 96.4 cm³/mol. The molecule has 0 radical (unpaired) electrons. The van der Waals surface area contributed by atoms with Crippen LogP contribution in [0.3, 0.4) is 0 Å². The second-order valence-corrected chi connectivity index (χ2v) is 8.63. The molecule has 1 saturated carbocycles. The Morgan fingerprint density at radius 3 is 2.35 bits per heavy atom. The molecule has 1 aliphatic carbocycles. The molecule has 0 aromatic heterocycles. The zero-order chi connectivity index (χ0) is 18.4. The third kappa shape index (κ3) is 2.71. The van der Waals surface area contributed by atoms with Gasteiger partial charge in [0, 0.05) is 26.7 Å². The van der Waals surface area contributed by atoms with Crippen LogP contribution in [-0.2, 0) is 9.59 Å². The van der Waals surface area contributed by atoms with Crippen LogP contribution >= 0.6 is 0 Å². The van der Waals surface area contributed by atoms with Gasteiger partial charge in [0.1, 0.15) is 12.1 Å². The molecular formula is C19H30N4O3. The van der Waals surface area contributed by atoms with Gasteiger partial charge >= 0.3 is 6.03 Å². The highest BCUT2D eigenvalue weighted by molar-refractivity contribution is 6.08. The van der Waals surface area contributed by atoms with Gasteiger partial charge in [-0.05, 0) is 44.1 Å². The van der Waals surface area contributed by atoms with Crippen molar-refractivity contribution in [3.63, 3.8) is 0 Å². The topological polar surface area (TPSA) is 73.0 Å². The number of piperidine rings is 1. The van der Waals surface area contributed by atoms with Crippen LogP contribution in [0.4, 0.5) is 4.79 Å². The maximum absolute atomic E-state index is 13.0. The number of hydrogen-bond acceptors (Lipinski definition) is 4. The second-order valence-electron chi connectivity index (χ2n) is 8.63. The molecule has 0 aromatic rings. The van der Waals surface area contributed by atoms with E-state index in [0.29, 0.717) is 5.41 Å². The number of nitrogens with zero attached hydrogens (tertiary/aromatic N) is 3. The van der Waals surface area contributed by atoms with Gasteiger partial charge in [0.05, 0.1) is 0 Å². The number of likely N-dealkylation sites (N-methyl/N-ethyl adjacent to an activating group) is 1. The average molecular weight is 362 g/mol. The van der Waals surface area contributed by atoms with Crippen molar-refractivity contribution in [2.45, 2.75) is 56.9 Å². The fraction of sp³-hybridized carbons (Fsp3) is 0.842. The molecule has 7 nitrogen and oxygen atoms in total. The van der Waals surface area contributed by atoms with Crippen molar-refractivity contribution < 1.29 is 14.4 Å². The molecule has 3 heterocycles. The molecule has 0 unspecified atom stereocenters. The van der Waals surface area contributed by atoms with E-state index in [1.54, 1.807) is 11.9 Å². The summed E-state index contributed by atoms with van der Waals surface area (Å²) in [4.78, 5) is 43.1.